The summed E-state index contributed by atoms with van der Waals surface area (Å²) in [6.45, 7) is 1.05. The monoisotopic (exact) mass is 278 g/mol. The molecule has 0 aliphatic rings. The Hall–Kier alpha value is -0.960. The first-order valence-corrected chi connectivity index (χ1v) is 7.14. The Morgan fingerprint density at radius 2 is 1.72 bits per heavy atom. The number of halogens is 1. The van der Waals surface area contributed by atoms with Crippen LogP contribution in [0.4, 0.5) is 0 Å². The van der Waals surface area contributed by atoms with Crippen LogP contribution >= 0.6 is 23.4 Å². The summed E-state index contributed by atoms with van der Waals surface area (Å²) in [4.78, 5) is 3.92. The highest BCUT2D eigenvalue weighted by Crippen LogP contribution is 2.28. The molecule has 1 N–H and O–H groups in total. The van der Waals surface area contributed by atoms with Crippen LogP contribution in [0.2, 0.25) is 5.02 Å². The van der Waals surface area contributed by atoms with Gasteiger partial charge in [0, 0.05) is 20.4 Å². The van der Waals surface area contributed by atoms with Crippen molar-refractivity contribution in [2.45, 2.75) is 16.3 Å². The predicted octanol–water partition coefficient (Wildman–Crippen LogP) is 3.14. The summed E-state index contributed by atoms with van der Waals surface area (Å²) in [5.41, 5.74) is 1.37. The summed E-state index contributed by atoms with van der Waals surface area (Å²) in [5, 5.41) is 0.782. The van der Waals surface area contributed by atoms with Crippen LogP contribution in [0.3, 0.4) is 0 Å². The summed E-state index contributed by atoms with van der Waals surface area (Å²) >= 11 is 7.65. The number of rotatable bonds is 4. The molecule has 0 unspecified atom stereocenters. The van der Waals surface area contributed by atoms with Gasteiger partial charge in [-0.05, 0) is 36.4 Å². The van der Waals surface area contributed by atoms with Crippen molar-refractivity contribution >= 4 is 23.4 Å². The Labute approximate surface area is 118 Å². The van der Waals surface area contributed by atoms with E-state index in [0.717, 1.165) is 11.6 Å². The van der Waals surface area contributed by atoms with E-state index < -0.39 is 0 Å². The van der Waals surface area contributed by atoms with Crippen LogP contribution < -0.4 is 4.90 Å². The van der Waals surface area contributed by atoms with Crippen LogP contribution in [0.5, 0.6) is 0 Å². The zero-order valence-electron chi connectivity index (χ0n) is 10.6. The maximum Gasteiger partial charge on any atom is 0.102 e. The normalized spacial score (nSPS) is 10.9. The first-order valence-electron chi connectivity index (χ1n) is 5.95. The highest BCUT2D eigenvalue weighted by atomic mass is 35.5. The molecule has 1 nitrogen and oxygen atoms in total. The highest BCUT2D eigenvalue weighted by Gasteiger charge is 2.02. The summed E-state index contributed by atoms with van der Waals surface area (Å²) in [5.74, 6) is 0. The molecule has 2 rings (SSSR count). The lowest BCUT2D eigenvalue weighted by Gasteiger charge is -2.08. The van der Waals surface area contributed by atoms with E-state index >= 15 is 0 Å². The summed E-state index contributed by atoms with van der Waals surface area (Å²) in [6, 6.07) is 16.7. The minimum Gasteiger partial charge on any atom is -0.336 e. The van der Waals surface area contributed by atoms with Gasteiger partial charge < -0.3 is 4.90 Å². The van der Waals surface area contributed by atoms with E-state index in [-0.39, 0.29) is 0 Å². The topological polar surface area (TPSA) is 4.44 Å². The van der Waals surface area contributed by atoms with Crippen LogP contribution in [-0.2, 0) is 6.54 Å². The third kappa shape index (κ3) is 4.05. The average molecular weight is 279 g/mol. The third-order valence-corrected chi connectivity index (χ3v) is 3.75. The SMILES string of the molecule is C[NH+](C)Cc1cccc(Sc2ccc(Cl)cc2)c1. The molecule has 0 saturated heterocycles. The minimum atomic E-state index is 0.782. The molecular formula is C15H17ClNS+. The van der Waals surface area contributed by atoms with Gasteiger partial charge in [-0.1, -0.05) is 35.5 Å². The van der Waals surface area contributed by atoms with Crippen LogP contribution in [0.1, 0.15) is 5.56 Å². The minimum absolute atomic E-state index is 0.782. The van der Waals surface area contributed by atoms with Gasteiger partial charge in [0.25, 0.3) is 0 Å². The van der Waals surface area contributed by atoms with Gasteiger partial charge in [-0.25, -0.2) is 0 Å². The van der Waals surface area contributed by atoms with Crippen molar-refractivity contribution in [1.82, 2.24) is 0 Å². The largest absolute Gasteiger partial charge is 0.336 e. The lowest BCUT2D eigenvalue weighted by atomic mass is 10.2. The molecule has 0 atom stereocenters. The van der Waals surface area contributed by atoms with Crippen LogP contribution in [0.25, 0.3) is 0 Å². The van der Waals surface area contributed by atoms with Crippen molar-refractivity contribution in [1.29, 1.82) is 0 Å². The smallest absolute Gasteiger partial charge is 0.102 e. The van der Waals surface area contributed by atoms with E-state index in [2.05, 4.69) is 50.5 Å². The Balaban J connectivity index is 2.11. The highest BCUT2D eigenvalue weighted by molar-refractivity contribution is 7.99. The van der Waals surface area contributed by atoms with Gasteiger partial charge in [0.1, 0.15) is 6.54 Å². The van der Waals surface area contributed by atoms with Gasteiger partial charge in [-0.2, -0.15) is 0 Å². The zero-order valence-corrected chi connectivity index (χ0v) is 12.2. The average Bonchev–Trinajstić information content (AvgIpc) is 2.32. The molecular weight excluding hydrogens is 262 g/mol. The molecule has 0 aliphatic carbocycles. The molecule has 94 valence electrons. The molecule has 0 heterocycles. The molecule has 0 aromatic heterocycles. The molecule has 18 heavy (non-hydrogen) atoms. The quantitative estimate of drug-likeness (QED) is 0.900. The second-order valence-corrected chi connectivity index (χ2v) is 6.17. The second kappa shape index (κ2) is 6.28. The van der Waals surface area contributed by atoms with E-state index in [4.69, 9.17) is 11.6 Å². The Morgan fingerprint density at radius 3 is 2.39 bits per heavy atom. The van der Waals surface area contributed by atoms with Gasteiger partial charge in [0.2, 0.25) is 0 Å². The predicted molar refractivity (Wildman–Crippen MR) is 78.5 cm³/mol. The van der Waals surface area contributed by atoms with Crippen LogP contribution in [0.15, 0.2) is 58.3 Å². The summed E-state index contributed by atoms with van der Waals surface area (Å²) in [6.07, 6.45) is 0. The van der Waals surface area contributed by atoms with E-state index in [1.54, 1.807) is 11.8 Å². The molecule has 0 bridgehead atoms. The molecule has 2 aromatic carbocycles. The first kappa shape index (κ1) is 13.5. The van der Waals surface area contributed by atoms with Gasteiger partial charge >= 0.3 is 0 Å². The van der Waals surface area contributed by atoms with E-state index in [1.807, 2.05) is 12.1 Å². The third-order valence-electron chi connectivity index (χ3n) is 2.51. The van der Waals surface area contributed by atoms with Crippen LogP contribution in [-0.4, -0.2) is 14.1 Å². The van der Waals surface area contributed by atoms with Crippen molar-refractivity contribution in [3.8, 4) is 0 Å². The maximum atomic E-state index is 5.89. The summed E-state index contributed by atoms with van der Waals surface area (Å²) in [7, 11) is 4.33. The van der Waals surface area contributed by atoms with Crippen molar-refractivity contribution in [2.75, 3.05) is 14.1 Å². The molecule has 0 spiro atoms. The van der Waals surface area contributed by atoms with Gasteiger partial charge in [0.05, 0.1) is 14.1 Å². The standard InChI is InChI=1S/C15H16ClNS/c1-17(2)11-12-4-3-5-15(10-12)18-14-8-6-13(16)7-9-14/h3-10H,11H2,1-2H3/p+1. The van der Waals surface area contributed by atoms with Crippen molar-refractivity contribution in [2.24, 2.45) is 0 Å². The molecule has 0 saturated carbocycles. The van der Waals surface area contributed by atoms with Crippen molar-refractivity contribution in [3.05, 3.63) is 59.1 Å². The van der Waals surface area contributed by atoms with E-state index in [9.17, 15) is 0 Å². The van der Waals surface area contributed by atoms with E-state index in [0.29, 0.717) is 0 Å². The molecule has 3 heteroatoms. The Bertz CT molecular complexity index is 508. The Morgan fingerprint density at radius 1 is 1.00 bits per heavy atom. The fourth-order valence-corrected chi connectivity index (χ4v) is 2.79. The van der Waals surface area contributed by atoms with Gasteiger partial charge in [0.15, 0.2) is 0 Å². The van der Waals surface area contributed by atoms with Crippen LogP contribution in [0, 0.1) is 0 Å². The molecule has 2 aromatic rings. The summed E-state index contributed by atoms with van der Waals surface area (Å²) < 4.78 is 0. The molecule has 0 fully saturated rings. The van der Waals surface area contributed by atoms with Gasteiger partial charge in [-0.15, -0.1) is 0 Å². The lowest BCUT2D eigenvalue weighted by Crippen LogP contribution is -3.04. The number of quaternary nitrogens is 1. The number of benzene rings is 2. The number of nitrogens with one attached hydrogen (secondary N) is 1. The number of hydrogen-bond donors (Lipinski definition) is 1. The van der Waals surface area contributed by atoms with Crippen molar-refractivity contribution in [3.63, 3.8) is 0 Å². The molecule has 0 radical (unpaired) electrons. The fourth-order valence-electron chi connectivity index (χ4n) is 1.77. The lowest BCUT2D eigenvalue weighted by molar-refractivity contribution is -0.872. The fraction of sp³-hybridized carbons (Fsp3) is 0.200. The maximum absolute atomic E-state index is 5.89. The second-order valence-electron chi connectivity index (χ2n) is 4.59. The van der Waals surface area contributed by atoms with Crippen molar-refractivity contribution < 1.29 is 4.90 Å². The molecule has 0 amide bonds. The van der Waals surface area contributed by atoms with Gasteiger partial charge in [-0.3, -0.25) is 0 Å². The van der Waals surface area contributed by atoms with E-state index in [1.165, 1.54) is 20.3 Å². The zero-order chi connectivity index (χ0) is 13.0. The molecule has 0 aliphatic heterocycles. The Kier molecular flexibility index (Phi) is 4.70. The number of hydrogen-bond acceptors (Lipinski definition) is 1. The first-order chi connectivity index (χ1) is 8.63.